The van der Waals surface area contributed by atoms with Crippen LogP contribution in [0.3, 0.4) is 0 Å². The summed E-state index contributed by atoms with van der Waals surface area (Å²) in [6.07, 6.45) is 0. The molecule has 0 atom stereocenters. The molecule has 1 radical (unpaired) electrons. The molecule has 0 saturated heterocycles. The molecule has 3 rings (SSSR count). The molecule has 6 nitrogen and oxygen atoms in total. The zero-order valence-electron chi connectivity index (χ0n) is 14.0. The normalized spacial score (nSPS) is 10.5. The Bertz CT molecular complexity index is 939. The van der Waals surface area contributed by atoms with Gasteiger partial charge in [0, 0.05) is 29.6 Å². The van der Waals surface area contributed by atoms with Crippen LogP contribution >= 0.6 is 0 Å². The smallest absolute Gasteiger partial charge is 0.339 e. The number of azo groups is 1. The van der Waals surface area contributed by atoms with Gasteiger partial charge >= 0.3 is 5.97 Å². The number of carboxylic acid groups (broad SMARTS) is 1. The van der Waals surface area contributed by atoms with Crippen LogP contribution in [0.1, 0.15) is 10.4 Å². The minimum Gasteiger partial charge on any atom is -0.508 e. The number of hydrogen-bond acceptors (Lipinski definition) is 5. The number of rotatable bonds is 4. The molecule has 0 saturated carbocycles. The number of aromatic hydroxyl groups is 2. The van der Waals surface area contributed by atoms with E-state index in [0.717, 1.165) is 11.1 Å². The number of aromatic carboxylic acids is 1. The summed E-state index contributed by atoms with van der Waals surface area (Å²) in [5, 5.41) is 35.8. The summed E-state index contributed by atoms with van der Waals surface area (Å²) in [5.41, 5.74) is 2.65. The van der Waals surface area contributed by atoms with E-state index in [9.17, 15) is 15.0 Å². The van der Waals surface area contributed by atoms with Crippen LogP contribution in [0, 0.1) is 0 Å². The first-order chi connectivity index (χ1) is 12.0. The number of carboxylic acids is 1. The fourth-order valence-corrected chi connectivity index (χ4v) is 2.25. The standard InChI is InChI=1S/C19H14N2O4.Na/c22-16-8-3-13(4-9-16)12-1-5-14(6-2-12)20-21-15-7-10-18(23)17(11-15)19(24)25;/h1-11,22-23H,(H,24,25);. The van der Waals surface area contributed by atoms with E-state index < -0.39 is 5.97 Å². The Hall–Kier alpha value is -2.67. The topological polar surface area (TPSA) is 102 Å². The second kappa shape index (κ2) is 8.62. The van der Waals surface area contributed by atoms with Crippen LogP contribution in [0.15, 0.2) is 77.0 Å². The monoisotopic (exact) mass is 357 g/mol. The third-order valence-electron chi connectivity index (χ3n) is 3.56. The van der Waals surface area contributed by atoms with E-state index in [4.69, 9.17) is 5.11 Å². The van der Waals surface area contributed by atoms with Crippen molar-refractivity contribution in [2.75, 3.05) is 0 Å². The van der Waals surface area contributed by atoms with Gasteiger partial charge in [0.2, 0.25) is 0 Å². The molecule has 0 bridgehead atoms. The summed E-state index contributed by atoms with van der Waals surface area (Å²) in [7, 11) is 0. The van der Waals surface area contributed by atoms with Crippen molar-refractivity contribution < 1.29 is 20.1 Å². The van der Waals surface area contributed by atoms with Crippen molar-refractivity contribution in [2.45, 2.75) is 0 Å². The number of nitrogens with zero attached hydrogens (tertiary/aromatic N) is 2. The van der Waals surface area contributed by atoms with E-state index in [0.29, 0.717) is 11.4 Å². The average Bonchev–Trinajstić information content (AvgIpc) is 2.62. The summed E-state index contributed by atoms with van der Waals surface area (Å²) in [5.74, 6) is -1.33. The Morgan fingerprint density at radius 2 is 1.23 bits per heavy atom. The molecule has 0 aliphatic rings. The maximum atomic E-state index is 11.0. The predicted octanol–water partition coefficient (Wildman–Crippen LogP) is 4.50. The molecule has 3 aromatic rings. The maximum Gasteiger partial charge on any atom is 0.339 e. The van der Waals surface area contributed by atoms with Gasteiger partial charge in [-0.25, -0.2) is 4.79 Å². The van der Waals surface area contributed by atoms with Crippen molar-refractivity contribution in [1.29, 1.82) is 0 Å². The van der Waals surface area contributed by atoms with Crippen LogP contribution in [0.5, 0.6) is 11.5 Å². The van der Waals surface area contributed by atoms with Gasteiger partial charge in [-0.1, -0.05) is 24.3 Å². The first-order valence-corrected chi connectivity index (χ1v) is 7.40. The van der Waals surface area contributed by atoms with Gasteiger partial charge in [-0.05, 0) is 53.6 Å². The van der Waals surface area contributed by atoms with Crippen LogP contribution in [0.2, 0.25) is 0 Å². The van der Waals surface area contributed by atoms with Crippen LogP contribution in [-0.2, 0) is 0 Å². The minimum absolute atomic E-state index is 0. The van der Waals surface area contributed by atoms with Crippen LogP contribution in [-0.4, -0.2) is 50.8 Å². The molecule has 125 valence electrons. The molecule has 0 aliphatic heterocycles. The Morgan fingerprint density at radius 1 is 0.731 bits per heavy atom. The molecule has 3 aromatic carbocycles. The number of phenols is 2. The third kappa shape index (κ3) is 4.70. The fourth-order valence-electron chi connectivity index (χ4n) is 2.25. The average molecular weight is 357 g/mol. The van der Waals surface area contributed by atoms with Crippen LogP contribution in [0.4, 0.5) is 11.4 Å². The van der Waals surface area contributed by atoms with Gasteiger partial charge in [0.25, 0.3) is 0 Å². The Kier molecular flexibility index (Phi) is 6.52. The predicted molar refractivity (Wildman–Crippen MR) is 98.5 cm³/mol. The van der Waals surface area contributed by atoms with E-state index in [2.05, 4.69) is 10.2 Å². The SMILES string of the molecule is O=C(O)c1cc(N=Nc2ccc(-c3ccc(O)cc3)cc2)ccc1O.[Na]. The zero-order valence-corrected chi connectivity index (χ0v) is 16.0. The summed E-state index contributed by atoms with van der Waals surface area (Å²) >= 11 is 0. The number of phenolic OH excluding ortho intramolecular Hbond substituents is 1. The Labute approximate surface area is 171 Å². The molecular formula is C19H14N2NaO4. The zero-order chi connectivity index (χ0) is 17.8. The molecule has 7 heteroatoms. The van der Waals surface area contributed by atoms with Gasteiger partial charge < -0.3 is 15.3 Å². The quantitative estimate of drug-likeness (QED) is 0.472. The maximum absolute atomic E-state index is 11.0. The molecule has 0 spiro atoms. The van der Waals surface area contributed by atoms with Crippen LogP contribution in [0.25, 0.3) is 11.1 Å². The third-order valence-corrected chi connectivity index (χ3v) is 3.56. The summed E-state index contributed by atoms with van der Waals surface area (Å²) < 4.78 is 0. The first kappa shape index (κ1) is 19.7. The number of hydrogen-bond donors (Lipinski definition) is 3. The molecule has 26 heavy (non-hydrogen) atoms. The number of benzene rings is 3. The first-order valence-electron chi connectivity index (χ1n) is 7.40. The minimum atomic E-state index is -1.23. The van der Waals surface area contributed by atoms with Crippen molar-refractivity contribution in [3.8, 4) is 22.6 Å². The second-order valence-electron chi connectivity index (χ2n) is 5.30. The summed E-state index contributed by atoms with van der Waals surface area (Å²) in [6.45, 7) is 0. The van der Waals surface area contributed by atoms with E-state index in [1.807, 2.05) is 24.3 Å². The van der Waals surface area contributed by atoms with Crippen molar-refractivity contribution in [3.63, 3.8) is 0 Å². The molecule has 3 N–H and O–H groups in total. The van der Waals surface area contributed by atoms with Crippen molar-refractivity contribution in [3.05, 3.63) is 72.3 Å². The van der Waals surface area contributed by atoms with Crippen molar-refractivity contribution in [2.24, 2.45) is 10.2 Å². The Morgan fingerprint density at radius 3 is 1.81 bits per heavy atom. The Balaban J connectivity index is 0.00000243. The van der Waals surface area contributed by atoms with E-state index in [-0.39, 0.29) is 46.6 Å². The van der Waals surface area contributed by atoms with Crippen molar-refractivity contribution >= 4 is 46.9 Å². The van der Waals surface area contributed by atoms with Gasteiger partial charge in [-0.2, -0.15) is 10.2 Å². The number of carbonyl (C=O) groups is 1. The second-order valence-corrected chi connectivity index (χ2v) is 5.30. The summed E-state index contributed by atoms with van der Waals surface area (Å²) in [6, 6.07) is 18.2. The molecule has 0 heterocycles. The molecule has 0 unspecified atom stereocenters. The van der Waals surface area contributed by atoms with Crippen LogP contribution < -0.4 is 0 Å². The van der Waals surface area contributed by atoms with Gasteiger partial charge in [0.05, 0.1) is 11.4 Å². The fraction of sp³-hybridized carbons (Fsp3) is 0. The van der Waals surface area contributed by atoms with Gasteiger partial charge in [0.15, 0.2) is 0 Å². The largest absolute Gasteiger partial charge is 0.508 e. The van der Waals surface area contributed by atoms with Gasteiger partial charge in [0.1, 0.15) is 17.1 Å². The van der Waals surface area contributed by atoms with Gasteiger partial charge in [-0.15, -0.1) is 0 Å². The van der Waals surface area contributed by atoms with Crippen molar-refractivity contribution in [1.82, 2.24) is 0 Å². The van der Waals surface area contributed by atoms with E-state index >= 15 is 0 Å². The molecule has 0 aliphatic carbocycles. The molecule has 0 aromatic heterocycles. The molecule has 0 amide bonds. The van der Waals surface area contributed by atoms with E-state index in [1.165, 1.54) is 18.2 Å². The van der Waals surface area contributed by atoms with E-state index in [1.54, 1.807) is 24.3 Å². The van der Waals surface area contributed by atoms with Gasteiger partial charge in [-0.3, -0.25) is 0 Å². The molecule has 0 fully saturated rings. The summed E-state index contributed by atoms with van der Waals surface area (Å²) in [4.78, 5) is 11.0. The molecular weight excluding hydrogens is 343 g/mol.